The Hall–Kier alpha value is -7.58. The number of hydrogen-bond acceptors (Lipinski definition) is 6. The molecule has 2 aromatic heterocycles. The van der Waals surface area contributed by atoms with Gasteiger partial charge in [0, 0.05) is 67.1 Å². The summed E-state index contributed by atoms with van der Waals surface area (Å²) in [4.78, 5) is 9.90. The van der Waals surface area contributed by atoms with Crippen LogP contribution in [0.15, 0.2) is 203 Å². The summed E-state index contributed by atoms with van der Waals surface area (Å²) in [6, 6.07) is 58.2. The van der Waals surface area contributed by atoms with Crippen molar-refractivity contribution < 1.29 is 34.1 Å². The molecule has 10 heteroatoms. The number of para-hydroxylation sites is 4. The first-order chi connectivity index (χ1) is 42.4. The maximum absolute atomic E-state index is 4.95. The van der Waals surface area contributed by atoms with E-state index in [4.69, 9.17) is 20.6 Å². The van der Waals surface area contributed by atoms with Crippen LogP contribution in [0.25, 0.3) is 54.2 Å². The molecule has 0 unspecified atom stereocenters. The van der Waals surface area contributed by atoms with Gasteiger partial charge in [0.1, 0.15) is 0 Å². The van der Waals surface area contributed by atoms with Crippen LogP contribution in [0.5, 0.6) is 0 Å². The minimum atomic E-state index is 0. The van der Waals surface area contributed by atoms with Crippen LogP contribution in [0.4, 0.5) is 22.7 Å². The Bertz CT molecular complexity index is 3480. The monoisotopic (exact) mass is 1270 g/mol. The van der Waals surface area contributed by atoms with Gasteiger partial charge in [-0.2, -0.15) is 11.4 Å². The third kappa shape index (κ3) is 21.3. The zero-order valence-electron chi connectivity index (χ0n) is 55.4. The molecule has 0 aliphatic carbocycles. The number of nitrogens with zero attached hydrogens (tertiary/aromatic N) is 8. The van der Waals surface area contributed by atoms with Gasteiger partial charge in [0.2, 0.25) is 0 Å². The van der Waals surface area contributed by atoms with E-state index in [9.17, 15) is 0 Å². The number of allylic oxidation sites excluding steroid dienone is 4. The van der Waals surface area contributed by atoms with Gasteiger partial charge in [0.15, 0.2) is 0 Å². The van der Waals surface area contributed by atoms with Gasteiger partial charge in [0.05, 0.1) is 33.4 Å². The van der Waals surface area contributed by atoms with E-state index in [2.05, 4.69) is 227 Å². The van der Waals surface area contributed by atoms with Gasteiger partial charge in [0.25, 0.3) is 0 Å². The standard InChI is InChI=1S/2C25H33N2.2C12H8N2.C5H12.2Fe/c2*1-7-20-13-11-14-21(8-2)24(20)26-18(5)17-19(6)27-25-22(9-3)15-12-16-23(25)10-4;2*1-3-7-11-9(5-1)10-6-2-4-8-12(10)14-13-11;1-3-5-4-2;;/h2*11-17H,7-10H2,1-6H3;2*1-8H;3-5H2,1-2H3;;/q2*-1;;;;;/b2*18-17-,27-19?;;;;;. The van der Waals surface area contributed by atoms with Gasteiger partial charge in [-0.15, -0.1) is 31.8 Å². The van der Waals surface area contributed by atoms with Gasteiger partial charge in [-0.3, -0.25) is 9.98 Å². The van der Waals surface area contributed by atoms with Crippen molar-refractivity contribution in [3.8, 4) is 0 Å². The van der Waals surface area contributed by atoms with Crippen LogP contribution in [0.3, 0.4) is 0 Å². The number of aromatic nitrogens is 4. The largest absolute Gasteiger partial charge is 0.661 e. The van der Waals surface area contributed by atoms with Crippen LogP contribution in [0.1, 0.15) is 161 Å². The third-order valence-corrected chi connectivity index (χ3v) is 15.3. The molecule has 0 spiro atoms. The number of unbranched alkanes of at least 4 members (excludes halogenated alkanes) is 2. The van der Waals surface area contributed by atoms with Crippen LogP contribution < -0.4 is 0 Å². The normalized spacial score (nSPS) is 11.4. The summed E-state index contributed by atoms with van der Waals surface area (Å²) in [6.07, 6.45) is 16.2. The Morgan fingerprint density at radius 1 is 0.315 bits per heavy atom. The quantitative estimate of drug-likeness (QED) is 0.0485. The summed E-state index contributed by atoms with van der Waals surface area (Å²) >= 11 is 0. The van der Waals surface area contributed by atoms with E-state index >= 15 is 0 Å². The molecule has 468 valence electrons. The summed E-state index contributed by atoms with van der Waals surface area (Å²) in [7, 11) is 0. The molecule has 0 atom stereocenters. The third-order valence-electron chi connectivity index (χ3n) is 15.3. The molecule has 0 fully saturated rings. The second kappa shape index (κ2) is 39.4. The van der Waals surface area contributed by atoms with E-state index < -0.39 is 0 Å². The fourth-order valence-electron chi connectivity index (χ4n) is 10.6. The average molecular weight is 1270 g/mol. The fraction of sp³-hybridized carbons (Fsp3) is 0.316. The number of fused-ring (bicyclic) bond motifs is 6. The van der Waals surface area contributed by atoms with Crippen molar-refractivity contribution in [3.63, 3.8) is 0 Å². The Balaban J connectivity index is 0.000000253. The van der Waals surface area contributed by atoms with Crippen LogP contribution >= 0.6 is 0 Å². The Morgan fingerprint density at radius 3 is 0.753 bits per heavy atom. The molecular weight excluding hydrogens is 1170 g/mol. The minimum Gasteiger partial charge on any atom is -0.661 e. The topological polar surface area (TPSA) is 104 Å². The Labute approximate surface area is 554 Å². The van der Waals surface area contributed by atoms with Gasteiger partial charge < -0.3 is 10.6 Å². The molecule has 0 saturated carbocycles. The maximum atomic E-state index is 4.95. The fourth-order valence-corrected chi connectivity index (χ4v) is 10.6. The molecule has 0 radical (unpaired) electrons. The van der Waals surface area contributed by atoms with Crippen molar-refractivity contribution in [2.24, 2.45) is 9.98 Å². The zero-order chi connectivity index (χ0) is 62.5. The molecule has 89 heavy (non-hydrogen) atoms. The molecule has 0 aliphatic heterocycles. The van der Waals surface area contributed by atoms with Crippen LogP contribution in [-0.2, 0) is 85.5 Å². The summed E-state index contributed by atoms with van der Waals surface area (Å²) in [5.41, 5.74) is 22.8. The molecule has 2 heterocycles. The number of aliphatic imine (C=N–C) groups is 2. The minimum absolute atomic E-state index is 0. The predicted octanol–water partition coefficient (Wildman–Crippen LogP) is 23.0. The van der Waals surface area contributed by atoms with Crippen LogP contribution in [0, 0.1) is 0 Å². The molecular formula is C79H94Fe2N8-2. The SMILES string of the molecule is CCCCC.CCc1cccc(CC)c1N=C(C)/C=C(/C)[N-]c1c(CC)cccc1CC.CCc1cccc(CC)c1N=C(C)/C=C(/C)[N-]c1c(CC)cccc1CC.[Fe].[Fe].c1ccc2c(c1)nnc1ccccc12.c1ccc2c(c1)nnc1ccccc12. The zero-order valence-corrected chi connectivity index (χ0v) is 57.6. The molecule has 0 saturated heterocycles. The summed E-state index contributed by atoms with van der Waals surface area (Å²) in [5.74, 6) is 0. The summed E-state index contributed by atoms with van der Waals surface area (Å²) in [6.45, 7) is 30.2. The number of benzene rings is 8. The van der Waals surface area contributed by atoms with E-state index in [0.717, 1.165) is 141 Å². The average Bonchev–Trinajstić information content (AvgIpc) is 2.27. The van der Waals surface area contributed by atoms with Gasteiger partial charge in [-0.05, 0) is 112 Å². The van der Waals surface area contributed by atoms with Crippen molar-refractivity contribution in [2.75, 3.05) is 0 Å². The molecule has 0 aliphatic rings. The summed E-state index contributed by atoms with van der Waals surface area (Å²) < 4.78 is 0. The molecule has 10 aromatic rings. The van der Waals surface area contributed by atoms with E-state index in [1.165, 1.54) is 63.8 Å². The first-order valence-electron chi connectivity index (χ1n) is 31.9. The Kier molecular flexibility index (Phi) is 32.7. The smallest absolute Gasteiger partial charge is 0.0936 e. The van der Waals surface area contributed by atoms with Crippen molar-refractivity contribution >= 4 is 77.8 Å². The molecule has 8 nitrogen and oxygen atoms in total. The molecule has 0 amide bonds. The van der Waals surface area contributed by atoms with Crippen molar-refractivity contribution in [1.82, 2.24) is 20.4 Å². The maximum Gasteiger partial charge on any atom is 0.0936 e. The van der Waals surface area contributed by atoms with E-state index in [0.29, 0.717) is 0 Å². The number of aryl methyl sites for hydroxylation is 8. The van der Waals surface area contributed by atoms with Gasteiger partial charge in [-0.1, -0.05) is 282 Å². The van der Waals surface area contributed by atoms with E-state index in [1.54, 1.807) is 0 Å². The van der Waals surface area contributed by atoms with Gasteiger partial charge in [-0.25, -0.2) is 0 Å². The number of rotatable bonds is 18. The second-order valence-electron chi connectivity index (χ2n) is 21.7. The Morgan fingerprint density at radius 2 is 0.539 bits per heavy atom. The number of hydrogen-bond donors (Lipinski definition) is 0. The molecule has 10 rings (SSSR count). The first-order valence-corrected chi connectivity index (χ1v) is 31.9. The van der Waals surface area contributed by atoms with Crippen molar-refractivity contribution in [1.29, 1.82) is 0 Å². The van der Waals surface area contributed by atoms with Crippen molar-refractivity contribution in [2.45, 2.75) is 168 Å². The molecule has 8 aromatic carbocycles. The van der Waals surface area contributed by atoms with Gasteiger partial charge >= 0.3 is 0 Å². The first kappa shape index (κ1) is 73.9. The summed E-state index contributed by atoms with van der Waals surface area (Å²) in [5, 5.41) is 31.2. The van der Waals surface area contributed by atoms with E-state index in [1.807, 2.05) is 72.8 Å². The predicted molar refractivity (Wildman–Crippen MR) is 379 cm³/mol. The van der Waals surface area contributed by atoms with Crippen molar-refractivity contribution in [3.05, 3.63) is 249 Å². The second-order valence-corrected chi connectivity index (χ2v) is 21.7. The van der Waals surface area contributed by atoms with Crippen LogP contribution in [-0.4, -0.2) is 31.8 Å². The van der Waals surface area contributed by atoms with E-state index in [-0.39, 0.29) is 34.1 Å². The molecule has 0 bridgehead atoms. The van der Waals surface area contributed by atoms with Crippen LogP contribution in [0.2, 0.25) is 0 Å². The molecule has 0 N–H and O–H groups in total.